The minimum Gasteiger partial charge on any atom is -0.493 e. The Hall–Kier alpha value is -2.83. The number of benzene rings is 1. The SMILES string of the molecule is CCCc1cc(Nc2ccc(OC)c(OC(C)C)c2)n2ncnc2n1. The summed E-state index contributed by atoms with van der Waals surface area (Å²) < 4.78 is 12.9. The van der Waals surface area contributed by atoms with E-state index < -0.39 is 0 Å². The average Bonchev–Trinajstić information content (AvgIpc) is 3.04. The minimum absolute atomic E-state index is 0.0586. The molecule has 132 valence electrons. The molecule has 0 aliphatic carbocycles. The number of nitrogens with one attached hydrogen (secondary N) is 1. The van der Waals surface area contributed by atoms with Crippen LogP contribution in [0.5, 0.6) is 11.5 Å². The monoisotopic (exact) mass is 341 g/mol. The van der Waals surface area contributed by atoms with Crippen molar-refractivity contribution in [2.75, 3.05) is 12.4 Å². The summed E-state index contributed by atoms with van der Waals surface area (Å²) in [5, 5.41) is 7.63. The van der Waals surface area contributed by atoms with E-state index in [0.29, 0.717) is 17.3 Å². The van der Waals surface area contributed by atoms with Gasteiger partial charge >= 0.3 is 0 Å². The summed E-state index contributed by atoms with van der Waals surface area (Å²) in [6, 6.07) is 7.74. The van der Waals surface area contributed by atoms with Crippen LogP contribution < -0.4 is 14.8 Å². The van der Waals surface area contributed by atoms with Crippen molar-refractivity contribution >= 4 is 17.3 Å². The van der Waals surface area contributed by atoms with Crippen molar-refractivity contribution in [3.63, 3.8) is 0 Å². The normalized spacial score (nSPS) is 11.1. The van der Waals surface area contributed by atoms with Crippen molar-refractivity contribution in [3.05, 3.63) is 36.3 Å². The fourth-order valence-corrected chi connectivity index (χ4v) is 2.58. The number of anilines is 2. The van der Waals surface area contributed by atoms with Crippen molar-refractivity contribution < 1.29 is 9.47 Å². The van der Waals surface area contributed by atoms with Gasteiger partial charge in [-0.3, -0.25) is 0 Å². The van der Waals surface area contributed by atoms with Crippen LogP contribution in [-0.2, 0) is 6.42 Å². The Labute approximate surface area is 147 Å². The van der Waals surface area contributed by atoms with Gasteiger partial charge in [-0.2, -0.15) is 14.6 Å². The van der Waals surface area contributed by atoms with Gasteiger partial charge in [-0.05, 0) is 32.4 Å². The smallest absolute Gasteiger partial charge is 0.254 e. The molecule has 3 rings (SSSR count). The van der Waals surface area contributed by atoms with Crippen molar-refractivity contribution in [3.8, 4) is 11.5 Å². The lowest BCUT2D eigenvalue weighted by Crippen LogP contribution is -2.08. The number of aromatic nitrogens is 4. The number of rotatable bonds is 7. The predicted molar refractivity (Wildman–Crippen MR) is 96.8 cm³/mol. The lowest BCUT2D eigenvalue weighted by molar-refractivity contribution is 0.230. The Morgan fingerprint density at radius 1 is 1.20 bits per heavy atom. The van der Waals surface area contributed by atoms with Crippen LogP contribution in [0.1, 0.15) is 32.9 Å². The predicted octanol–water partition coefficient (Wildman–Crippen LogP) is 3.62. The molecule has 2 heterocycles. The highest BCUT2D eigenvalue weighted by Crippen LogP contribution is 2.32. The molecule has 3 aromatic rings. The molecule has 0 amide bonds. The molecule has 1 N–H and O–H groups in total. The van der Waals surface area contributed by atoms with Gasteiger partial charge in [0.25, 0.3) is 5.78 Å². The van der Waals surface area contributed by atoms with Gasteiger partial charge in [0.1, 0.15) is 12.1 Å². The van der Waals surface area contributed by atoms with Crippen LogP contribution in [0.2, 0.25) is 0 Å². The Bertz CT molecular complexity index is 860. The Balaban J connectivity index is 1.96. The third-order valence-electron chi connectivity index (χ3n) is 3.61. The summed E-state index contributed by atoms with van der Waals surface area (Å²) in [7, 11) is 1.63. The molecular formula is C18H23N5O2. The standard InChI is InChI=1S/C18H23N5O2/c1-5-6-13-10-17(23-18(22-13)19-11-20-23)21-14-7-8-15(24-4)16(9-14)25-12(2)3/h7-12,21H,5-6H2,1-4H3. The average molecular weight is 341 g/mol. The minimum atomic E-state index is 0.0586. The van der Waals surface area contributed by atoms with E-state index in [1.54, 1.807) is 11.6 Å². The van der Waals surface area contributed by atoms with Gasteiger partial charge in [0.2, 0.25) is 0 Å². The van der Waals surface area contributed by atoms with Crippen LogP contribution in [0, 0.1) is 0 Å². The van der Waals surface area contributed by atoms with E-state index >= 15 is 0 Å². The second-order valence-electron chi connectivity index (χ2n) is 6.01. The van der Waals surface area contributed by atoms with E-state index in [0.717, 1.165) is 30.0 Å². The quantitative estimate of drug-likeness (QED) is 0.707. The highest BCUT2D eigenvalue weighted by atomic mass is 16.5. The molecule has 0 saturated carbocycles. The summed E-state index contributed by atoms with van der Waals surface area (Å²) >= 11 is 0. The summed E-state index contributed by atoms with van der Waals surface area (Å²) in [5.41, 5.74) is 1.86. The number of hydrogen-bond acceptors (Lipinski definition) is 6. The molecule has 0 spiro atoms. The second-order valence-corrected chi connectivity index (χ2v) is 6.01. The van der Waals surface area contributed by atoms with Gasteiger partial charge < -0.3 is 14.8 Å². The lowest BCUT2D eigenvalue weighted by Gasteiger charge is -2.16. The van der Waals surface area contributed by atoms with E-state index in [4.69, 9.17) is 9.47 Å². The number of methoxy groups -OCH3 is 1. The molecular weight excluding hydrogens is 318 g/mol. The Morgan fingerprint density at radius 2 is 2.04 bits per heavy atom. The van der Waals surface area contributed by atoms with Crippen molar-refractivity contribution in [2.45, 2.75) is 39.7 Å². The Kier molecular flexibility index (Phi) is 5.02. The van der Waals surface area contributed by atoms with E-state index in [1.807, 2.05) is 38.1 Å². The van der Waals surface area contributed by atoms with Gasteiger partial charge in [0.05, 0.1) is 13.2 Å². The molecule has 0 atom stereocenters. The number of fused-ring (bicyclic) bond motifs is 1. The summed E-state index contributed by atoms with van der Waals surface area (Å²) in [6.45, 7) is 6.10. The molecule has 0 fully saturated rings. The third-order valence-corrected chi connectivity index (χ3v) is 3.61. The number of ether oxygens (including phenoxy) is 2. The zero-order valence-electron chi connectivity index (χ0n) is 15.0. The molecule has 2 aromatic heterocycles. The topological polar surface area (TPSA) is 73.6 Å². The van der Waals surface area contributed by atoms with Crippen molar-refractivity contribution in [2.24, 2.45) is 0 Å². The van der Waals surface area contributed by atoms with Gasteiger partial charge in [-0.15, -0.1) is 0 Å². The molecule has 0 aliphatic heterocycles. The molecule has 0 unspecified atom stereocenters. The maximum absolute atomic E-state index is 5.84. The van der Waals surface area contributed by atoms with Gasteiger partial charge in [0, 0.05) is 23.5 Å². The highest BCUT2D eigenvalue weighted by Gasteiger charge is 2.11. The van der Waals surface area contributed by atoms with Gasteiger partial charge in [-0.25, -0.2) is 4.98 Å². The summed E-state index contributed by atoms with van der Waals surface area (Å²) in [4.78, 5) is 8.72. The van der Waals surface area contributed by atoms with Crippen LogP contribution in [0.4, 0.5) is 11.5 Å². The highest BCUT2D eigenvalue weighted by molar-refractivity contribution is 5.63. The van der Waals surface area contributed by atoms with Crippen molar-refractivity contribution in [1.29, 1.82) is 0 Å². The number of hydrogen-bond donors (Lipinski definition) is 1. The maximum Gasteiger partial charge on any atom is 0.254 e. The van der Waals surface area contributed by atoms with Crippen LogP contribution in [0.3, 0.4) is 0 Å². The first kappa shape index (κ1) is 17.0. The fraction of sp³-hybridized carbons (Fsp3) is 0.389. The van der Waals surface area contributed by atoms with Gasteiger partial charge in [0.15, 0.2) is 11.5 Å². The third kappa shape index (κ3) is 3.81. The molecule has 7 nitrogen and oxygen atoms in total. The molecule has 1 aromatic carbocycles. The number of aryl methyl sites for hydroxylation is 1. The molecule has 0 saturated heterocycles. The first-order valence-electron chi connectivity index (χ1n) is 8.42. The van der Waals surface area contributed by atoms with Crippen LogP contribution in [0.25, 0.3) is 5.78 Å². The van der Waals surface area contributed by atoms with Crippen molar-refractivity contribution in [1.82, 2.24) is 19.6 Å². The van der Waals surface area contributed by atoms with E-state index in [-0.39, 0.29) is 6.10 Å². The zero-order valence-corrected chi connectivity index (χ0v) is 15.0. The van der Waals surface area contributed by atoms with Crippen LogP contribution in [-0.4, -0.2) is 32.8 Å². The molecule has 0 aliphatic rings. The zero-order chi connectivity index (χ0) is 17.8. The van der Waals surface area contributed by atoms with Crippen LogP contribution >= 0.6 is 0 Å². The van der Waals surface area contributed by atoms with Crippen LogP contribution in [0.15, 0.2) is 30.6 Å². The van der Waals surface area contributed by atoms with E-state index in [2.05, 4.69) is 27.3 Å². The largest absolute Gasteiger partial charge is 0.493 e. The maximum atomic E-state index is 5.84. The number of nitrogens with zero attached hydrogens (tertiary/aromatic N) is 4. The second kappa shape index (κ2) is 7.38. The first-order chi connectivity index (χ1) is 12.1. The van der Waals surface area contributed by atoms with Gasteiger partial charge in [-0.1, -0.05) is 13.3 Å². The first-order valence-corrected chi connectivity index (χ1v) is 8.42. The summed E-state index contributed by atoms with van der Waals surface area (Å²) in [5.74, 6) is 2.79. The fourth-order valence-electron chi connectivity index (χ4n) is 2.58. The lowest BCUT2D eigenvalue weighted by atomic mass is 10.2. The van der Waals surface area contributed by atoms with E-state index in [9.17, 15) is 0 Å². The molecule has 0 radical (unpaired) electrons. The molecule has 25 heavy (non-hydrogen) atoms. The molecule has 7 heteroatoms. The Morgan fingerprint density at radius 3 is 2.76 bits per heavy atom. The van der Waals surface area contributed by atoms with E-state index in [1.165, 1.54) is 6.33 Å². The molecule has 0 bridgehead atoms. The summed E-state index contributed by atoms with van der Waals surface area (Å²) in [6.07, 6.45) is 3.47.